The summed E-state index contributed by atoms with van der Waals surface area (Å²) in [4.78, 5) is 12.7. The van der Waals surface area contributed by atoms with Crippen LogP contribution in [0.15, 0.2) is 30.3 Å². The number of carbonyl (C=O) groups excluding carboxylic acids is 1. The molecular formula is C22H28N2O2. The van der Waals surface area contributed by atoms with Crippen LogP contribution in [0, 0.1) is 0 Å². The molecule has 2 aromatic rings. The average molecular weight is 352 g/mol. The Labute approximate surface area is 155 Å². The lowest BCUT2D eigenvalue weighted by atomic mass is 9.84. The lowest BCUT2D eigenvalue weighted by Crippen LogP contribution is -2.53. The molecule has 0 heterocycles. The summed E-state index contributed by atoms with van der Waals surface area (Å²) in [6, 6.07) is 10.3. The van der Waals surface area contributed by atoms with Gasteiger partial charge in [-0.1, -0.05) is 56.4 Å². The predicted molar refractivity (Wildman–Crippen MR) is 106 cm³/mol. The third-order valence-electron chi connectivity index (χ3n) is 6.12. The summed E-state index contributed by atoms with van der Waals surface area (Å²) < 4.78 is 0. The van der Waals surface area contributed by atoms with Gasteiger partial charge in [0.15, 0.2) is 0 Å². The second-order valence-electron chi connectivity index (χ2n) is 7.90. The molecule has 0 aliphatic heterocycles. The van der Waals surface area contributed by atoms with E-state index < -0.39 is 5.54 Å². The number of aliphatic hydroxyl groups excluding tert-OH is 1. The largest absolute Gasteiger partial charge is 0.394 e. The van der Waals surface area contributed by atoms with Gasteiger partial charge in [-0.3, -0.25) is 0 Å². The number of amides is 2. The highest BCUT2D eigenvalue weighted by molar-refractivity contribution is 6.04. The molecule has 0 aromatic heterocycles. The van der Waals surface area contributed by atoms with Crippen molar-refractivity contribution in [1.82, 2.24) is 5.32 Å². The molecule has 4 heteroatoms. The number of anilines is 1. The predicted octanol–water partition coefficient (Wildman–Crippen LogP) is 4.54. The van der Waals surface area contributed by atoms with Crippen LogP contribution in [0.5, 0.6) is 0 Å². The minimum Gasteiger partial charge on any atom is -0.394 e. The van der Waals surface area contributed by atoms with Crippen LogP contribution < -0.4 is 10.6 Å². The monoisotopic (exact) mass is 352 g/mol. The first-order valence-corrected chi connectivity index (χ1v) is 9.94. The van der Waals surface area contributed by atoms with Crippen molar-refractivity contribution in [3.63, 3.8) is 0 Å². The number of urea groups is 1. The number of aryl methyl sites for hydroxylation is 2. The SMILES string of the molecule is O=C(Nc1ccc2c3c(cccc13)CC2)NC1(CO)CCCCCCC1. The smallest absolute Gasteiger partial charge is 0.319 e. The Morgan fingerprint density at radius 1 is 0.962 bits per heavy atom. The first kappa shape index (κ1) is 17.3. The number of nitrogens with one attached hydrogen (secondary N) is 2. The Morgan fingerprint density at radius 3 is 2.38 bits per heavy atom. The van der Waals surface area contributed by atoms with Gasteiger partial charge in [0.2, 0.25) is 0 Å². The van der Waals surface area contributed by atoms with Gasteiger partial charge in [-0.2, -0.15) is 0 Å². The van der Waals surface area contributed by atoms with E-state index in [1.165, 1.54) is 35.8 Å². The van der Waals surface area contributed by atoms with Crippen molar-refractivity contribution in [2.24, 2.45) is 0 Å². The molecule has 138 valence electrons. The van der Waals surface area contributed by atoms with Gasteiger partial charge < -0.3 is 15.7 Å². The van der Waals surface area contributed by atoms with Gasteiger partial charge in [0.25, 0.3) is 0 Å². The van der Waals surface area contributed by atoms with Gasteiger partial charge >= 0.3 is 6.03 Å². The van der Waals surface area contributed by atoms with Crippen molar-refractivity contribution < 1.29 is 9.90 Å². The molecule has 1 saturated carbocycles. The molecule has 2 aliphatic carbocycles. The molecule has 2 aromatic carbocycles. The molecule has 0 radical (unpaired) electrons. The Bertz CT molecular complexity index is 797. The molecule has 2 amide bonds. The molecule has 0 atom stereocenters. The van der Waals surface area contributed by atoms with Crippen molar-refractivity contribution in [3.8, 4) is 0 Å². The number of carbonyl (C=O) groups is 1. The molecule has 1 fully saturated rings. The number of hydrogen-bond acceptors (Lipinski definition) is 2. The van der Waals surface area contributed by atoms with Crippen LogP contribution in [-0.4, -0.2) is 23.3 Å². The van der Waals surface area contributed by atoms with Gasteiger partial charge in [-0.05, 0) is 48.3 Å². The van der Waals surface area contributed by atoms with E-state index in [0.29, 0.717) is 0 Å². The fourth-order valence-corrected chi connectivity index (χ4v) is 4.65. The standard InChI is InChI=1S/C22H28N2O2/c25-15-22(13-4-2-1-3-5-14-22)24-21(26)23-19-12-11-17-10-9-16-7-6-8-18(19)20(16)17/h6-8,11-12,25H,1-5,9-10,13-15H2,(H2,23,24,26). The van der Waals surface area contributed by atoms with Crippen LogP contribution in [0.1, 0.15) is 56.1 Å². The molecule has 4 rings (SSSR count). The zero-order valence-corrected chi connectivity index (χ0v) is 15.3. The van der Waals surface area contributed by atoms with Crippen molar-refractivity contribution in [2.75, 3.05) is 11.9 Å². The molecule has 4 nitrogen and oxygen atoms in total. The van der Waals surface area contributed by atoms with E-state index in [-0.39, 0.29) is 12.6 Å². The maximum absolute atomic E-state index is 12.7. The van der Waals surface area contributed by atoms with Crippen LogP contribution in [0.4, 0.5) is 10.5 Å². The van der Waals surface area contributed by atoms with Gasteiger partial charge in [-0.25, -0.2) is 4.79 Å². The number of rotatable bonds is 3. The topological polar surface area (TPSA) is 61.4 Å². The van der Waals surface area contributed by atoms with Crippen molar-refractivity contribution in [1.29, 1.82) is 0 Å². The van der Waals surface area contributed by atoms with Gasteiger partial charge in [0.05, 0.1) is 17.8 Å². The lowest BCUT2D eigenvalue weighted by Gasteiger charge is -2.34. The van der Waals surface area contributed by atoms with E-state index in [1.54, 1.807) is 0 Å². The van der Waals surface area contributed by atoms with Gasteiger partial charge in [0.1, 0.15) is 0 Å². The summed E-state index contributed by atoms with van der Waals surface area (Å²) in [5.41, 5.74) is 3.10. The summed E-state index contributed by atoms with van der Waals surface area (Å²) in [6.07, 6.45) is 9.59. The van der Waals surface area contributed by atoms with Crippen molar-refractivity contribution in [3.05, 3.63) is 41.5 Å². The van der Waals surface area contributed by atoms with E-state index in [4.69, 9.17) is 0 Å². The summed E-state index contributed by atoms with van der Waals surface area (Å²) in [6.45, 7) is 0.00422. The molecule has 0 spiro atoms. The summed E-state index contributed by atoms with van der Waals surface area (Å²) in [5.74, 6) is 0. The van der Waals surface area contributed by atoms with E-state index >= 15 is 0 Å². The van der Waals surface area contributed by atoms with Crippen LogP contribution in [0.2, 0.25) is 0 Å². The Hall–Kier alpha value is -2.07. The van der Waals surface area contributed by atoms with E-state index in [0.717, 1.165) is 49.6 Å². The molecule has 2 aliphatic rings. The Balaban J connectivity index is 1.54. The number of benzene rings is 2. The fraction of sp³-hybridized carbons (Fsp3) is 0.500. The van der Waals surface area contributed by atoms with E-state index in [1.807, 2.05) is 6.07 Å². The van der Waals surface area contributed by atoms with E-state index in [9.17, 15) is 9.90 Å². The van der Waals surface area contributed by atoms with Gasteiger partial charge in [0, 0.05) is 5.39 Å². The van der Waals surface area contributed by atoms with Crippen LogP contribution in [0.3, 0.4) is 0 Å². The first-order chi connectivity index (χ1) is 12.7. The third-order valence-corrected chi connectivity index (χ3v) is 6.12. The summed E-state index contributed by atoms with van der Waals surface area (Å²) in [7, 11) is 0. The minimum atomic E-state index is -0.487. The third kappa shape index (κ3) is 3.30. The zero-order valence-electron chi connectivity index (χ0n) is 15.3. The quantitative estimate of drug-likeness (QED) is 0.760. The van der Waals surface area contributed by atoms with Crippen LogP contribution in [-0.2, 0) is 12.8 Å². The normalized spacial score (nSPS) is 19.0. The lowest BCUT2D eigenvalue weighted by molar-refractivity contribution is 0.137. The molecule has 3 N–H and O–H groups in total. The van der Waals surface area contributed by atoms with Gasteiger partial charge in [-0.15, -0.1) is 0 Å². The highest BCUT2D eigenvalue weighted by Gasteiger charge is 2.31. The maximum Gasteiger partial charge on any atom is 0.319 e. The zero-order chi connectivity index (χ0) is 18.0. The Morgan fingerprint density at radius 2 is 1.65 bits per heavy atom. The Kier molecular flexibility index (Phi) is 4.86. The van der Waals surface area contributed by atoms with Crippen LogP contribution in [0.25, 0.3) is 10.8 Å². The highest BCUT2D eigenvalue weighted by Crippen LogP contribution is 2.35. The first-order valence-electron chi connectivity index (χ1n) is 9.94. The maximum atomic E-state index is 12.7. The number of aliphatic hydroxyl groups is 1. The number of hydrogen-bond donors (Lipinski definition) is 3. The van der Waals surface area contributed by atoms with E-state index in [2.05, 4.69) is 34.9 Å². The average Bonchev–Trinajstić information content (AvgIpc) is 3.05. The molecule has 0 unspecified atom stereocenters. The molecule has 0 bridgehead atoms. The van der Waals surface area contributed by atoms with Crippen molar-refractivity contribution >= 4 is 22.5 Å². The molecular weight excluding hydrogens is 324 g/mol. The summed E-state index contributed by atoms with van der Waals surface area (Å²) in [5, 5.41) is 18.6. The minimum absolute atomic E-state index is 0.00422. The second kappa shape index (κ2) is 7.28. The highest BCUT2D eigenvalue weighted by atomic mass is 16.3. The second-order valence-corrected chi connectivity index (χ2v) is 7.90. The van der Waals surface area contributed by atoms with Crippen molar-refractivity contribution in [2.45, 2.75) is 63.3 Å². The fourth-order valence-electron chi connectivity index (χ4n) is 4.65. The molecule has 0 saturated heterocycles. The molecule has 26 heavy (non-hydrogen) atoms. The summed E-state index contributed by atoms with van der Waals surface area (Å²) >= 11 is 0. The van der Waals surface area contributed by atoms with Crippen LogP contribution >= 0.6 is 0 Å².